The smallest absolute Gasteiger partial charge is 0.333 e. The maximum atomic E-state index is 10.6. The first kappa shape index (κ1) is 19.5. The average Bonchev–Trinajstić information content (AvgIpc) is 2.36. The predicted octanol–water partition coefficient (Wildman–Crippen LogP) is 3.69. The van der Waals surface area contributed by atoms with Gasteiger partial charge in [0, 0.05) is 5.57 Å². The van der Waals surface area contributed by atoms with E-state index < -0.39 is 0 Å². The highest BCUT2D eigenvalue weighted by Crippen LogP contribution is 1.91. The number of ether oxygens (including phenoxy) is 1. The molecule has 0 aromatic heterocycles. The summed E-state index contributed by atoms with van der Waals surface area (Å²) in [5.74, 6) is -0.295. The van der Waals surface area contributed by atoms with Crippen LogP contribution < -0.4 is 5.32 Å². The van der Waals surface area contributed by atoms with Gasteiger partial charge in [0.1, 0.15) is 0 Å². The van der Waals surface area contributed by atoms with Gasteiger partial charge in [-0.25, -0.2) is 4.79 Å². The van der Waals surface area contributed by atoms with Gasteiger partial charge < -0.3 is 10.1 Å². The van der Waals surface area contributed by atoms with Gasteiger partial charge in [-0.2, -0.15) is 0 Å². The Morgan fingerprint density at radius 3 is 1.89 bits per heavy atom. The fourth-order valence-corrected chi connectivity index (χ4v) is 1.05. The third kappa shape index (κ3) is 17.6. The van der Waals surface area contributed by atoms with Crippen LogP contribution in [0.4, 0.5) is 0 Å². The van der Waals surface area contributed by atoms with Crippen LogP contribution in [0, 0.1) is 0 Å². The number of rotatable bonds is 9. The molecule has 0 rings (SSSR count). The quantitative estimate of drug-likeness (QED) is 0.389. The highest BCUT2D eigenvalue weighted by Gasteiger charge is 1.99. The predicted molar refractivity (Wildman–Crippen MR) is 78.7 cm³/mol. The third-order valence-corrected chi connectivity index (χ3v) is 2.20. The number of unbranched alkanes of at least 4 members (excludes halogenated alkanes) is 2. The van der Waals surface area contributed by atoms with E-state index in [-0.39, 0.29) is 5.97 Å². The van der Waals surface area contributed by atoms with Crippen LogP contribution in [0.3, 0.4) is 0 Å². The van der Waals surface area contributed by atoms with Crippen LogP contribution in [-0.4, -0.2) is 25.7 Å². The molecule has 3 heteroatoms. The standard InChI is InChI=1S/C8H19N.C7H12O2/c1-3-5-7-9-8-6-4-2;1-4-5-9-7(8)6(2)3/h9H,3-8H2,1-2H3;2,4-5H2,1,3H3. The molecule has 0 aliphatic heterocycles. The second-order valence-electron chi connectivity index (χ2n) is 4.37. The Bertz CT molecular complexity index is 197. The fraction of sp³-hybridized carbons (Fsp3) is 0.800. The summed E-state index contributed by atoms with van der Waals surface area (Å²) in [6, 6.07) is 0. The lowest BCUT2D eigenvalue weighted by Gasteiger charge is -1.99. The molecule has 0 heterocycles. The molecule has 0 saturated carbocycles. The molecule has 3 nitrogen and oxygen atoms in total. The molecule has 0 bridgehead atoms. The van der Waals surface area contributed by atoms with E-state index in [0.29, 0.717) is 12.2 Å². The summed E-state index contributed by atoms with van der Waals surface area (Å²) in [5, 5.41) is 3.39. The highest BCUT2D eigenvalue weighted by atomic mass is 16.5. The van der Waals surface area contributed by atoms with E-state index in [9.17, 15) is 4.79 Å². The van der Waals surface area contributed by atoms with Gasteiger partial charge in [0.25, 0.3) is 0 Å². The molecule has 1 N–H and O–H groups in total. The van der Waals surface area contributed by atoms with E-state index in [1.807, 2.05) is 6.92 Å². The van der Waals surface area contributed by atoms with Crippen LogP contribution in [0.15, 0.2) is 12.2 Å². The zero-order chi connectivity index (χ0) is 14.2. The molecule has 0 unspecified atom stereocenters. The van der Waals surface area contributed by atoms with Crippen molar-refractivity contribution in [1.29, 1.82) is 0 Å². The van der Waals surface area contributed by atoms with Crippen molar-refractivity contribution in [1.82, 2.24) is 5.32 Å². The molecule has 0 aromatic carbocycles. The lowest BCUT2D eigenvalue weighted by atomic mass is 10.3. The molecule has 0 aliphatic rings. The second kappa shape index (κ2) is 16.2. The monoisotopic (exact) mass is 257 g/mol. The molecule has 0 atom stereocenters. The summed E-state index contributed by atoms with van der Waals surface area (Å²) in [7, 11) is 0. The Morgan fingerprint density at radius 1 is 1.06 bits per heavy atom. The molecule has 108 valence electrons. The van der Waals surface area contributed by atoms with Gasteiger partial charge in [-0.1, -0.05) is 40.2 Å². The topological polar surface area (TPSA) is 38.3 Å². The van der Waals surface area contributed by atoms with Crippen LogP contribution in [0.5, 0.6) is 0 Å². The zero-order valence-corrected chi connectivity index (χ0v) is 12.7. The van der Waals surface area contributed by atoms with Crippen molar-refractivity contribution in [2.45, 2.75) is 59.8 Å². The Hall–Kier alpha value is -0.830. The summed E-state index contributed by atoms with van der Waals surface area (Å²) in [6.45, 7) is 14.4. The maximum Gasteiger partial charge on any atom is 0.333 e. The first-order chi connectivity index (χ1) is 8.59. The largest absolute Gasteiger partial charge is 0.462 e. The number of hydrogen-bond acceptors (Lipinski definition) is 3. The first-order valence-electron chi connectivity index (χ1n) is 7.13. The number of carbonyl (C=O) groups excluding carboxylic acids is 1. The SMILES string of the molecule is C=C(C)C(=O)OCCC.CCCCNCCCC. The lowest BCUT2D eigenvalue weighted by molar-refractivity contribution is -0.138. The molecule has 0 saturated heterocycles. The summed E-state index contributed by atoms with van der Waals surface area (Å²) < 4.78 is 4.71. The molecule has 0 fully saturated rings. The fourth-order valence-electron chi connectivity index (χ4n) is 1.05. The first-order valence-corrected chi connectivity index (χ1v) is 7.13. The van der Waals surface area contributed by atoms with E-state index in [0.717, 1.165) is 6.42 Å². The number of nitrogens with one attached hydrogen (secondary N) is 1. The van der Waals surface area contributed by atoms with Crippen LogP contribution in [-0.2, 0) is 9.53 Å². The Morgan fingerprint density at radius 2 is 1.56 bits per heavy atom. The summed E-state index contributed by atoms with van der Waals surface area (Å²) in [6.07, 6.45) is 6.12. The molecule has 0 spiro atoms. The minimum Gasteiger partial charge on any atom is -0.462 e. The van der Waals surface area contributed by atoms with Gasteiger partial charge in [-0.05, 0) is 39.3 Å². The molecular weight excluding hydrogens is 226 g/mol. The molecular formula is C15H31NO2. The van der Waals surface area contributed by atoms with E-state index >= 15 is 0 Å². The highest BCUT2D eigenvalue weighted by molar-refractivity contribution is 5.86. The third-order valence-electron chi connectivity index (χ3n) is 2.20. The summed E-state index contributed by atoms with van der Waals surface area (Å²) in [5.41, 5.74) is 0.462. The number of hydrogen-bond donors (Lipinski definition) is 1. The van der Waals surface area contributed by atoms with E-state index in [1.54, 1.807) is 6.92 Å². The van der Waals surface area contributed by atoms with Gasteiger partial charge in [0.2, 0.25) is 0 Å². The van der Waals surface area contributed by atoms with Gasteiger partial charge in [-0.15, -0.1) is 0 Å². The van der Waals surface area contributed by atoms with Crippen molar-refractivity contribution < 1.29 is 9.53 Å². The number of carbonyl (C=O) groups is 1. The van der Waals surface area contributed by atoms with Crippen molar-refractivity contribution in [2.75, 3.05) is 19.7 Å². The molecule has 18 heavy (non-hydrogen) atoms. The van der Waals surface area contributed by atoms with Crippen LogP contribution in [0.25, 0.3) is 0 Å². The summed E-state index contributed by atoms with van der Waals surface area (Å²) in [4.78, 5) is 10.6. The van der Waals surface area contributed by atoms with Gasteiger partial charge in [0.05, 0.1) is 6.61 Å². The average molecular weight is 257 g/mol. The Balaban J connectivity index is 0. The normalized spacial score (nSPS) is 9.33. The van der Waals surface area contributed by atoms with E-state index in [1.165, 1.54) is 38.8 Å². The zero-order valence-electron chi connectivity index (χ0n) is 12.7. The Labute approximate surface area is 113 Å². The number of esters is 1. The molecule has 0 radical (unpaired) electrons. The lowest BCUT2D eigenvalue weighted by Crippen LogP contribution is -2.15. The van der Waals surface area contributed by atoms with Crippen molar-refractivity contribution in [2.24, 2.45) is 0 Å². The second-order valence-corrected chi connectivity index (χ2v) is 4.37. The van der Waals surface area contributed by atoms with Crippen LogP contribution in [0.1, 0.15) is 59.8 Å². The van der Waals surface area contributed by atoms with Crippen LogP contribution >= 0.6 is 0 Å². The minimum atomic E-state index is -0.295. The van der Waals surface area contributed by atoms with Crippen LogP contribution in [0.2, 0.25) is 0 Å². The van der Waals surface area contributed by atoms with Crippen molar-refractivity contribution in [3.05, 3.63) is 12.2 Å². The van der Waals surface area contributed by atoms with Gasteiger partial charge in [0.15, 0.2) is 0 Å². The molecule has 0 aromatic rings. The maximum absolute atomic E-state index is 10.6. The van der Waals surface area contributed by atoms with E-state index in [4.69, 9.17) is 4.74 Å². The van der Waals surface area contributed by atoms with E-state index in [2.05, 4.69) is 25.7 Å². The van der Waals surface area contributed by atoms with Gasteiger partial charge >= 0.3 is 5.97 Å². The minimum absolute atomic E-state index is 0.295. The molecule has 0 amide bonds. The van der Waals surface area contributed by atoms with Gasteiger partial charge in [-0.3, -0.25) is 0 Å². The molecule has 0 aliphatic carbocycles. The summed E-state index contributed by atoms with van der Waals surface area (Å²) >= 11 is 0. The van der Waals surface area contributed by atoms with Crippen molar-refractivity contribution >= 4 is 5.97 Å². The van der Waals surface area contributed by atoms with Crippen molar-refractivity contribution in [3.8, 4) is 0 Å². The Kier molecular flexibility index (Phi) is 17.5. The van der Waals surface area contributed by atoms with Crippen molar-refractivity contribution in [3.63, 3.8) is 0 Å².